The number of rotatable bonds is 1. The molecule has 1 aliphatic heterocycles. The van der Waals surface area contributed by atoms with Crippen molar-refractivity contribution in [2.75, 3.05) is 20.1 Å². The molecule has 0 aromatic carbocycles. The van der Waals surface area contributed by atoms with E-state index in [9.17, 15) is 0 Å². The quantitative estimate of drug-likeness (QED) is 0.708. The van der Waals surface area contributed by atoms with E-state index in [-0.39, 0.29) is 5.54 Å². The van der Waals surface area contributed by atoms with E-state index < -0.39 is 0 Å². The SMILES string of the molecule is CC.CN1CCC(C)(n2cnnc2)CC1. The summed E-state index contributed by atoms with van der Waals surface area (Å²) in [4.78, 5) is 2.37. The summed E-state index contributed by atoms with van der Waals surface area (Å²) in [5, 5.41) is 7.72. The molecule has 0 N–H and O–H groups in total. The van der Waals surface area contributed by atoms with Crippen LogP contribution < -0.4 is 0 Å². The molecule has 1 aromatic heterocycles. The summed E-state index contributed by atoms with van der Waals surface area (Å²) in [7, 11) is 2.17. The molecule has 0 atom stereocenters. The van der Waals surface area contributed by atoms with E-state index in [0.717, 1.165) is 13.1 Å². The summed E-state index contributed by atoms with van der Waals surface area (Å²) < 4.78 is 2.14. The Balaban J connectivity index is 0.000000531. The maximum Gasteiger partial charge on any atom is 0.119 e. The van der Waals surface area contributed by atoms with Crippen molar-refractivity contribution < 1.29 is 0 Å². The number of nitrogens with zero attached hydrogens (tertiary/aromatic N) is 4. The van der Waals surface area contributed by atoms with Gasteiger partial charge in [0.2, 0.25) is 0 Å². The Morgan fingerprint density at radius 1 is 1.07 bits per heavy atom. The van der Waals surface area contributed by atoms with E-state index in [4.69, 9.17) is 0 Å². The summed E-state index contributed by atoms with van der Waals surface area (Å²) in [5.41, 5.74) is 0.232. The molecule has 1 fully saturated rings. The van der Waals surface area contributed by atoms with Gasteiger partial charge in [-0.15, -0.1) is 10.2 Å². The third-order valence-electron chi connectivity index (χ3n) is 3.11. The first-order valence-corrected chi connectivity index (χ1v) is 5.74. The first kappa shape index (κ1) is 12.2. The molecule has 1 saturated heterocycles. The molecule has 1 aliphatic rings. The lowest BCUT2D eigenvalue weighted by Gasteiger charge is -2.38. The van der Waals surface area contributed by atoms with Crippen LogP contribution in [0.5, 0.6) is 0 Å². The van der Waals surface area contributed by atoms with Gasteiger partial charge >= 0.3 is 0 Å². The number of hydrogen-bond acceptors (Lipinski definition) is 3. The predicted molar refractivity (Wildman–Crippen MR) is 61.7 cm³/mol. The molecule has 0 radical (unpaired) electrons. The Hall–Kier alpha value is -0.900. The van der Waals surface area contributed by atoms with Gasteiger partial charge in [0.15, 0.2) is 0 Å². The molecule has 0 spiro atoms. The highest BCUT2D eigenvalue weighted by Gasteiger charge is 2.30. The van der Waals surface area contributed by atoms with Gasteiger partial charge in [-0.2, -0.15) is 0 Å². The Bertz CT molecular complexity index is 260. The van der Waals surface area contributed by atoms with Gasteiger partial charge in [0.05, 0.1) is 0 Å². The van der Waals surface area contributed by atoms with Gasteiger partial charge in [-0.05, 0) is 26.8 Å². The van der Waals surface area contributed by atoms with Crippen LogP contribution in [0.15, 0.2) is 12.7 Å². The van der Waals surface area contributed by atoms with Gasteiger partial charge < -0.3 is 9.47 Å². The highest BCUT2D eigenvalue weighted by Crippen LogP contribution is 2.28. The highest BCUT2D eigenvalue weighted by atomic mass is 15.3. The molecule has 2 heterocycles. The molecule has 1 aromatic rings. The van der Waals surface area contributed by atoms with E-state index >= 15 is 0 Å². The Labute approximate surface area is 92.3 Å². The van der Waals surface area contributed by atoms with Crippen molar-refractivity contribution in [2.45, 2.75) is 39.2 Å². The van der Waals surface area contributed by atoms with Crippen molar-refractivity contribution in [3.63, 3.8) is 0 Å². The zero-order valence-electron chi connectivity index (χ0n) is 10.3. The molecule has 86 valence electrons. The van der Waals surface area contributed by atoms with Crippen molar-refractivity contribution in [1.29, 1.82) is 0 Å². The van der Waals surface area contributed by atoms with Gasteiger partial charge in [-0.3, -0.25) is 0 Å². The maximum atomic E-state index is 3.86. The summed E-state index contributed by atoms with van der Waals surface area (Å²) in [5.74, 6) is 0. The number of piperidine rings is 1. The molecular formula is C11H22N4. The van der Waals surface area contributed by atoms with Gasteiger partial charge in [-0.25, -0.2) is 0 Å². The molecule has 0 unspecified atom stereocenters. The Morgan fingerprint density at radius 3 is 2.00 bits per heavy atom. The van der Waals surface area contributed by atoms with Crippen LogP contribution in [0.4, 0.5) is 0 Å². The minimum Gasteiger partial charge on any atom is -0.314 e. The third-order valence-corrected chi connectivity index (χ3v) is 3.11. The molecule has 4 heteroatoms. The number of hydrogen-bond donors (Lipinski definition) is 0. The third kappa shape index (κ3) is 2.78. The minimum absolute atomic E-state index is 0.232. The van der Waals surface area contributed by atoms with Gasteiger partial charge in [0.25, 0.3) is 0 Å². The second-order valence-electron chi connectivity index (χ2n) is 4.17. The summed E-state index contributed by atoms with van der Waals surface area (Å²) >= 11 is 0. The molecule has 2 rings (SSSR count). The average Bonchev–Trinajstić information content (AvgIpc) is 2.80. The monoisotopic (exact) mass is 210 g/mol. The van der Waals surface area contributed by atoms with Crippen LogP contribution in [-0.4, -0.2) is 39.8 Å². The molecule has 0 amide bonds. The largest absolute Gasteiger partial charge is 0.314 e. The van der Waals surface area contributed by atoms with Crippen molar-refractivity contribution in [1.82, 2.24) is 19.7 Å². The van der Waals surface area contributed by atoms with Crippen molar-refractivity contribution in [3.8, 4) is 0 Å². The zero-order valence-corrected chi connectivity index (χ0v) is 10.3. The highest BCUT2D eigenvalue weighted by molar-refractivity contribution is 4.88. The summed E-state index contributed by atoms with van der Waals surface area (Å²) in [6.45, 7) is 8.60. The van der Waals surface area contributed by atoms with Crippen LogP contribution in [0, 0.1) is 0 Å². The van der Waals surface area contributed by atoms with Crippen molar-refractivity contribution >= 4 is 0 Å². The van der Waals surface area contributed by atoms with E-state index in [2.05, 4.69) is 33.6 Å². The molecule has 0 bridgehead atoms. The lowest BCUT2D eigenvalue weighted by molar-refractivity contribution is 0.144. The van der Waals surface area contributed by atoms with Crippen LogP contribution in [0.2, 0.25) is 0 Å². The van der Waals surface area contributed by atoms with E-state index in [0.29, 0.717) is 0 Å². The second kappa shape index (κ2) is 5.26. The maximum absolute atomic E-state index is 3.86. The zero-order chi connectivity index (χ0) is 11.3. The molecule has 0 saturated carbocycles. The average molecular weight is 210 g/mol. The van der Waals surface area contributed by atoms with Crippen LogP contribution in [0.25, 0.3) is 0 Å². The fraction of sp³-hybridized carbons (Fsp3) is 0.818. The minimum atomic E-state index is 0.232. The molecule has 0 aliphatic carbocycles. The van der Waals surface area contributed by atoms with E-state index in [1.807, 2.05) is 26.5 Å². The molecule has 4 nitrogen and oxygen atoms in total. The van der Waals surface area contributed by atoms with Crippen molar-refractivity contribution in [2.24, 2.45) is 0 Å². The first-order chi connectivity index (χ1) is 7.21. The standard InChI is InChI=1S/C9H16N4.C2H6/c1-9(13-7-10-11-8-13)3-5-12(2)6-4-9;1-2/h7-8H,3-6H2,1-2H3;1-2H3. The van der Waals surface area contributed by atoms with Crippen LogP contribution >= 0.6 is 0 Å². The topological polar surface area (TPSA) is 34.0 Å². The summed E-state index contributed by atoms with van der Waals surface area (Å²) in [6, 6.07) is 0. The number of aromatic nitrogens is 3. The predicted octanol–water partition coefficient (Wildman–Crippen LogP) is 1.75. The molecular weight excluding hydrogens is 188 g/mol. The van der Waals surface area contributed by atoms with Crippen LogP contribution in [0.3, 0.4) is 0 Å². The van der Waals surface area contributed by atoms with E-state index in [1.54, 1.807) is 0 Å². The Morgan fingerprint density at radius 2 is 1.53 bits per heavy atom. The Kier molecular flexibility index (Phi) is 4.27. The van der Waals surface area contributed by atoms with Crippen LogP contribution in [-0.2, 0) is 5.54 Å². The lowest BCUT2D eigenvalue weighted by atomic mass is 9.90. The van der Waals surface area contributed by atoms with Crippen molar-refractivity contribution in [3.05, 3.63) is 12.7 Å². The van der Waals surface area contributed by atoms with Crippen LogP contribution in [0.1, 0.15) is 33.6 Å². The molecule has 15 heavy (non-hydrogen) atoms. The van der Waals surface area contributed by atoms with Gasteiger partial charge in [0, 0.05) is 18.6 Å². The summed E-state index contributed by atoms with van der Waals surface area (Å²) in [6.07, 6.45) is 6.01. The van der Waals surface area contributed by atoms with Gasteiger partial charge in [0.1, 0.15) is 12.7 Å². The van der Waals surface area contributed by atoms with E-state index in [1.165, 1.54) is 12.8 Å². The fourth-order valence-electron chi connectivity index (χ4n) is 1.84. The smallest absolute Gasteiger partial charge is 0.119 e. The normalized spacial score (nSPS) is 20.5. The first-order valence-electron chi connectivity index (χ1n) is 5.74. The number of likely N-dealkylation sites (tertiary alicyclic amines) is 1. The second-order valence-corrected chi connectivity index (χ2v) is 4.17. The lowest BCUT2D eigenvalue weighted by Crippen LogP contribution is -2.42. The fourth-order valence-corrected chi connectivity index (χ4v) is 1.84. The van der Waals surface area contributed by atoms with Gasteiger partial charge in [-0.1, -0.05) is 13.8 Å².